The molecule has 2 aromatic rings. The summed E-state index contributed by atoms with van der Waals surface area (Å²) in [4.78, 5) is 25.9. The van der Waals surface area contributed by atoms with Gasteiger partial charge in [0.05, 0.1) is 33.4 Å². The number of carbonyl (C=O) groups is 2. The van der Waals surface area contributed by atoms with Crippen molar-refractivity contribution in [3.8, 4) is 0 Å². The molecule has 7 aliphatic rings. The molecule has 9 rings (SSSR count). The van der Waals surface area contributed by atoms with Crippen LogP contribution in [0.3, 0.4) is 0 Å². The van der Waals surface area contributed by atoms with E-state index >= 15 is 0 Å². The molecule has 1 spiro atoms. The molecule has 14 atom stereocenters. The number of carboxylic acid groups (broad SMARTS) is 1. The van der Waals surface area contributed by atoms with E-state index in [1.807, 2.05) is 13.8 Å². The number of anilines is 2. The van der Waals surface area contributed by atoms with Gasteiger partial charge in [0.2, 0.25) is 5.79 Å². The zero-order chi connectivity index (χ0) is 49.0. The summed E-state index contributed by atoms with van der Waals surface area (Å²) in [5.41, 5.74) is -7.19. The molecule has 3 saturated heterocycles. The van der Waals surface area contributed by atoms with Crippen molar-refractivity contribution < 1.29 is 102 Å². The van der Waals surface area contributed by atoms with Crippen LogP contribution in [0, 0.1) is 36.0 Å². The maximum absolute atomic E-state index is 12.9. The number of nitrogens with one attached hydrogen (secondary N) is 1. The van der Waals surface area contributed by atoms with Crippen LogP contribution in [0.15, 0.2) is 48.0 Å². The first-order chi connectivity index (χ1) is 30.5. The predicted molar refractivity (Wildman–Crippen MR) is 239 cm³/mol. The summed E-state index contributed by atoms with van der Waals surface area (Å²) in [6, 6.07) is 9.52. The molecule has 366 valence electrons. The van der Waals surface area contributed by atoms with E-state index in [0.717, 1.165) is 12.0 Å². The summed E-state index contributed by atoms with van der Waals surface area (Å²) in [6.07, 6.45) is 2.30. The number of carboxylic acids is 1. The molecule has 14 unspecified atom stereocenters. The minimum atomic E-state index is -4.67. The normalized spacial score (nSPS) is 41.6. The van der Waals surface area contributed by atoms with E-state index in [9.17, 15) is 45.3 Å². The van der Waals surface area contributed by atoms with Gasteiger partial charge in [-0.3, -0.25) is 14.0 Å². The second kappa shape index (κ2) is 18.6. The van der Waals surface area contributed by atoms with E-state index in [1.54, 1.807) is 57.2 Å². The number of aromatic carboxylic acids is 1. The first kappa shape index (κ1) is 54.4. The fourth-order valence-corrected chi connectivity index (χ4v) is 13.9. The van der Waals surface area contributed by atoms with Gasteiger partial charge in [-0.1, -0.05) is 67.4 Å². The van der Waals surface area contributed by atoms with Crippen LogP contribution in [0.1, 0.15) is 102 Å². The molecule has 0 aromatic heterocycles. The van der Waals surface area contributed by atoms with Crippen LogP contribution >= 0.6 is 23.2 Å². The number of nitrogens with zero attached hydrogens (tertiary/aromatic N) is 1. The van der Waals surface area contributed by atoms with Gasteiger partial charge in [0.1, 0.15) is 22.4 Å². The third-order valence-electron chi connectivity index (χ3n) is 16.7. The molecule has 2 aromatic carbocycles. The summed E-state index contributed by atoms with van der Waals surface area (Å²) in [5.74, 6) is -5.31. The molecule has 4 bridgehead atoms. The number of benzene rings is 2. The summed E-state index contributed by atoms with van der Waals surface area (Å²) in [7, 11) is -4.67. The van der Waals surface area contributed by atoms with Crippen LogP contribution in [0.2, 0.25) is 10.0 Å². The van der Waals surface area contributed by atoms with Gasteiger partial charge in [-0.2, -0.15) is 8.42 Å². The number of para-hydroxylation sites is 1. The van der Waals surface area contributed by atoms with Crippen molar-refractivity contribution >= 4 is 56.9 Å². The summed E-state index contributed by atoms with van der Waals surface area (Å²) in [6.45, 7) is 11.9. The molecule has 3 aliphatic heterocycles. The molecule has 67 heavy (non-hydrogen) atoms. The number of hydrogen-bond donors (Lipinski definition) is 9. The third-order valence-corrected chi connectivity index (χ3v) is 17.5. The van der Waals surface area contributed by atoms with Gasteiger partial charge in [0.15, 0.2) is 6.10 Å². The SMILES string of the molecule is CC=C(C)C(=O)OC1CCC2(C)C3CCC4C5(O)CC(O)C6(O)C(CN7CC(C)CCC7C6(C)O)C5(O)CC42OC13O.Cc1ccc(Cl)c(Nc2ccccc2C(=O)[O-])c1Cl.O=S(=O)(O)O.[Na+]. The van der Waals surface area contributed by atoms with E-state index < -0.39 is 91.5 Å². The van der Waals surface area contributed by atoms with Gasteiger partial charge in [0, 0.05) is 72.0 Å². The number of aliphatic hydroxyl groups is 6. The average Bonchev–Trinajstić information content (AvgIpc) is 3.40. The van der Waals surface area contributed by atoms with E-state index in [-0.39, 0.29) is 60.5 Å². The standard InChI is InChI=1S/C32H49NO9.C14H11Cl2NO2.Na.H2O4S/c1-6-18(3)25(35)41-24-11-12-26(4)19-8-9-20-28(37)13-23(34)31(39)21(29(28,38)16-30(20,26)42-32(19,24)40)15-33-14-17(2)7-10-22(33)27(31,5)36;1-8-6-7-10(15)13(12(8)16)17-11-5-3-2-4-9(11)14(18)19;;1-5(2,3)4/h6,17,19-24,34,36-40H,7-16H2,1-5H3;2-7,17H,1H3,(H,18,19);;(H2,1,2,3,4)/q;;+1;/p-1. The van der Waals surface area contributed by atoms with Crippen molar-refractivity contribution in [2.45, 2.75) is 145 Å². The van der Waals surface area contributed by atoms with Crippen molar-refractivity contribution in [3.63, 3.8) is 0 Å². The smallest absolute Gasteiger partial charge is 0.545 e. The Morgan fingerprint density at radius 2 is 1.57 bits per heavy atom. The van der Waals surface area contributed by atoms with E-state index in [1.165, 1.54) is 6.07 Å². The fraction of sp³-hybridized carbons (Fsp3) is 0.652. The molecule has 3 heterocycles. The van der Waals surface area contributed by atoms with Crippen LogP contribution in [0.5, 0.6) is 0 Å². The second-order valence-electron chi connectivity index (χ2n) is 20.1. The first-order valence-electron chi connectivity index (χ1n) is 22.3. The Balaban J connectivity index is 0.000000247. The molecule has 0 amide bonds. The first-order valence-corrected chi connectivity index (χ1v) is 24.4. The van der Waals surface area contributed by atoms with Crippen molar-refractivity contribution in [3.05, 3.63) is 69.2 Å². The fourth-order valence-electron chi connectivity index (χ4n) is 13.5. The van der Waals surface area contributed by atoms with Gasteiger partial charge in [-0.05, 0) is 89.8 Å². The minimum absolute atomic E-state index is 0. The number of rotatable bonds is 5. The molecular weight excluding hydrogens is 946 g/mol. The molecule has 7 fully saturated rings. The number of esters is 1. The Labute approximate surface area is 422 Å². The Kier molecular flexibility index (Phi) is 15.1. The van der Waals surface area contributed by atoms with Gasteiger partial charge in [-0.15, -0.1) is 0 Å². The summed E-state index contributed by atoms with van der Waals surface area (Å²) < 4.78 is 44.2. The maximum atomic E-state index is 12.9. The number of aryl methyl sites for hydroxylation is 1. The summed E-state index contributed by atoms with van der Waals surface area (Å²) >= 11 is 12.2. The minimum Gasteiger partial charge on any atom is -0.545 e. The van der Waals surface area contributed by atoms with Crippen molar-refractivity contribution in [2.24, 2.45) is 29.1 Å². The number of hydrogen-bond acceptors (Lipinski definition) is 15. The Hall–Kier alpha value is -1.95. The van der Waals surface area contributed by atoms with E-state index in [0.29, 0.717) is 71.6 Å². The molecule has 17 nitrogen and oxygen atoms in total. The molecule has 4 saturated carbocycles. The van der Waals surface area contributed by atoms with E-state index in [2.05, 4.69) is 17.1 Å². The molecule has 21 heteroatoms. The number of aliphatic hydroxyl groups excluding tert-OH is 1. The quantitative estimate of drug-likeness (QED) is 0.0865. The van der Waals surface area contributed by atoms with E-state index in [4.69, 9.17) is 50.2 Å². The number of piperidine rings is 2. The molecule has 0 radical (unpaired) electrons. The second-order valence-corrected chi connectivity index (χ2v) is 21.8. The Morgan fingerprint density at radius 1 is 0.940 bits per heavy atom. The summed E-state index contributed by atoms with van der Waals surface area (Å²) in [5, 5.41) is 88.8. The largest absolute Gasteiger partial charge is 1.00 e. The zero-order valence-corrected chi connectivity index (χ0v) is 43.0. The molecule has 9 N–H and O–H groups in total. The zero-order valence-electron chi connectivity index (χ0n) is 38.7. The number of allylic oxidation sites excluding steroid dienone is 1. The molecular formula is C46H61Cl2N2NaO15S. The van der Waals surface area contributed by atoms with Crippen LogP contribution in [0.4, 0.5) is 11.4 Å². The monoisotopic (exact) mass is 1010 g/mol. The van der Waals surface area contributed by atoms with Crippen LogP contribution in [0.25, 0.3) is 0 Å². The van der Waals surface area contributed by atoms with Crippen LogP contribution in [-0.4, -0.2) is 130 Å². The van der Waals surface area contributed by atoms with Gasteiger partial charge in [-0.25, -0.2) is 4.79 Å². The predicted octanol–water partition coefficient (Wildman–Crippen LogP) is 0.751. The van der Waals surface area contributed by atoms with Gasteiger partial charge >= 0.3 is 45.9 Å². The van der Waals surface area contributed by atoms with Gasteiger partial charge in [0.25, 0.3) is 0 Å². The number of halogens is 2. The topological polar surface area (TPSA) is 287 Å². The van der Waals surface area contributed by atoms with Crippen molar-refractivity contribution in [2.75, 3.05) is 18.4 Å². The van der Waals surface area contributed by atoms with Crippen molar-refractivity contribution in [1.29, 1.82) is 0 Å². The Bertz CT molecular complexity index is 2410. The maximum Gasteiger partial charge on any atom is 1.00 e. The number of carbonyl (C=O) groups excluding carboxylic acids is 2. The van der Waals surface area contributed by atoms with Crippen LogP contribution < -0.4 is 40.0 Å². The third kappa shape index (κ3) is 8.53. The van der Waals surface area contributed by atoms with Crippen molar-refractivity contribution in [1.82, 2.24) is 4.90 Å². The Morgan fingerprint density at radius 3 is 2.19 bits per heavy atom. The number of fused-ring (bicyclic) bond motifs is 5. The average molecular weight is 1010 g/mol. The molecule has 4 aliphatic carbocycles. The van der Waals surface area contributed by atoms with Gasteiger partial charge < -0.3 is 55.3 Å². The van der Waals surface area contributed by atoms with Crippen LogP contribution in [-0.2, 0) is 24.7 Å². The number of ether oxygens (including phenoxy) is 2.